The number of rotatable bonds is 6. The summed E-state index contributed by atoms with van der Waals surface area (Å²) in [6.45, 7) is 3.84. The van der Waals surface area contributed by atoms with E-state index in [9.17, 15) is 9.18 Å². The second kappa shape index (κ2) is 9.07. The van der Waals surface area contributed by atoms with Crippen molar-refractivity contribution in [1.29, 1.82) is 0 Å². The normalized spacial score (nSPS) is 11.0. The second-order valence-corrected chi connectivity index (χ2v) is 8.86. The first kappa shape index (κ1) is 21.8. The predicted octanol–water partition coefficient (Wildman–Crippen LogP) is 6.54. The van der Waals surface area contributed by atoms with Gasteiger partial charge in [-0.05, 0) is 80.1 Å². The Bertz CT molecular complexity index is 1470. The Hall–Kier alpha value is -4.04. The number of halogens is 1. The molecule has 0 saturated carbocycles. The quantitative estimate of drug-likeness (QED) is 0.303. The molecule has 8 heteroatoms. The third-order valence-corrected chi connectivity index (χ3v) is 6.40. The first-order valence-electron chi connectivity index (χ1n) is 10.6. The highest BCUT2D eigenvalue weighted by atomic mass is 32.1. The van der Waals surface area contributed by atoms with Gasteiger partial charge in [-0.25, -0.2) is 9.37 Å². The van der Waals surface area contributed by atoms with E-state index in [4.69, 9.17) is 14.2 Å². The Morgan fingerprint density at radius 3 is 2.59 bits per heavy atom. The number of aromatic nitrogens is 2. The molecule has 0 aliphatic heterocycles. The fraction of sp³-hybridized carbons (Fsp3) is 0.115. The summed E-state index contributed by atoms with van der Waals surface area (Å²) in [5, 5.41) is 7.67. The molecule has 0 spiro atoms. The van der Waals surface area contributed by atoms with Gasteiger partial charge < -0.3 is 14.6 Å². The number of ether oxygens (including phenoxy) is 1. The predicted molar refractivity (Wildman–Crippen MR) is 130 cm³/mol. The van der Waals surface area contributed by atoms with Crippen LogP contribution in [0, 0.1) is 19.7 Å². The van der Waals surface area contributed by atoms with E-state index in [1.165, 1.54) is 29.8 Å². The van der Waals surface area contributed by atoms with Crippen molar-refractivity contribution in [2.24, 2.45) is 0 Å². The highest BCUT2D eigenvalue weighted by Crippen LogP contribution is 2.31. The van der Waals surface area contributed by atoms with Crippen LogP contribution in [0.5, 0.6) is 5.75 Å². The first-order valence-corrected chi connectivity index (χ1v) is 11.4. The third-order valence-electron chi connectivity index (χ3n) is 5.33. The van der Waals surface area contributed by atoms with E-state index < -0.39 is 5.91 Å². The third kappa shape index (κ3) is 4.53. The molecule has 0 aliphatic rings. The summed E-state index contributed by atoms with van der Waals surface area (Å²) in [6.07, 6.45) is 0. The molecule has 1 N–H and O–H groups in total. The van der Waals surface area contributed by atoms with E-state index in [2.05, 4.69) is 29.5 Å². The van der Waals surface area contributed by atoms with E-state index in [0.717, 1.165) is 20.8 Å². The van der Waals surface area contributed by atoms with Gasteiger partial charge in [0, 0.05) is 11.3 Å². The summed E-state index contributed by atoms with van der Waals surface area (Å²) in [4.78, 5) is 17.6. The zero-order valence-electron chi connectivity index (χ0n) is 18.5. The minimum atomic E-state index is -0.405. The molecule has 6 nitrogen and oxygen atoms in total. The molecule has 0 bridgehead atoms. The Morgan fingerprint density at radius 1 is 1.06 bits per heavy atom. The number of hydrogen-bond donors (Lipinski definition) is 1. The molecule has 0 unspecified atom stereocenters. The van der Waals surface area contributed by atoms with Crippen LogP contribution in [0.15, 0.2) is 71.3 Å². The van der Waals surface area contributed by atoms with Crippen LogP contribution in [-0.4, -0.2) is 16.0 Å². The average Bonchev–Trinajstić information content (AvgIpc) is 3.42. The summed E-state index contributed by atoms with van der Waals surface area (Å²) in [5.74, 6) is 0.207. The van der Waals surface area contributed by atoms with E-state index in [-0.39, 0.29) is 18.1 Å². The molecular formula is C26H20FN3O3S. The van der Waals surface area contributed by atoms with Crippen LogP contribution in [0.3, 0.4) is 0 Å². The number of carbonyl (C=O) groups is 1. The van der Waals surface area contributed by atoms with Gasteiger partial charge in [-0.1, -0.05) is 11.2 Å². The smallest absolute Gasteiger partial charge is 0.278 e. The van der Waals surface area contributed by atoms with Crippen LogP contribution in [0.25, 0.3) is 20.8 Å². The molecule has 5 rings (SSSR count). The highest BCUT2D eigenvalue weighted by molar-refractivity contribution is 7.21. The Morgan fingerprint density at radius 2 is 1.82 bits per heavy atom. The highest BCUT2D eigenvalue weighted by Gasteiger charge is 2.21. The molecule has 5 aromatic rings. The van der Waals surface area contributed by atoms with Gasteiger partial charge in [-0.2, -0.15) is 0 Å². The van der Waals surface area contributed by atoms with Crippen LogP contribution < -0.4 is 10.1 Å². The van der Waals surface area contributed by atoms with Crippen molar-refractivity contribution >= 4 is 33.1 Å². The van der Waals surface area contributed by atoms with Gasteiger partial charge in [0.1, 0.15) is 28.9 Å². The van der Waals surface area contributed by atoms with Crippen molar-refractivity contribution in [2.45, 2.75) is 20.5 Å². The van der Waals surface area contributed by atoms with Gasteiger partial charge >= 0.3 is 0 Å². The number of fused-ring (bicyclic) bond motifs is 1. The monoisotopic (exact) mass is 473 g/mol. The topological polar surface area (TPSA) is 77.3 Å². The van der Waals surface area contributed by atoms with Gasteiger partial charge in [-0.15, -0.1) is 11.3 Å². The maximum absolute atomic E-state index is 13.1. The van der Waals surface area contributed by atoms with E-state index in [1.807, 2.05) is 30.3 Å². The Kier molecular flexibility index (Phi) is 5.81. The van der Waals surface area contributed by atoms with E-state index in [0.29, 0.717) is 22.8 Å². The maximum atomic E-state index is 13.1. The van der Waals surface area contributed by atoms with Crippen molar-refractivity contribution in [3.8, 4) is 16.3 Å². The zero-order valence-corrected chi connectivity index (χ0v) is 19.3. The van der Waals surface area contributed by atoms with Gasteiger partial charge in [0.2, 0.25) is 0 Å². The standard InChI is InChI=1S/C26H20FN3O3S/c1-15-3-12-22-23(13-15)34-26(29-22)17-4-8-19(9-5-17)28-25(31)24-21(16(2)33-30-24)14-32-20-10-6-18(27)7-11-20/h3-13H,14H2,1-2H3,(H,28,31). The van der Waals surface area contributed by atoms with Crippen LogP contribution in [0.1, 0.15) is 27.4 Å². The molecule has 0 fully saturated rings. The molecule has 0 saturated heterocycles. The van der Waals surface area contributed by atoms with E-state index in [1.54, 1.807) is 18.3 Å². The van der Waals surface area contributed by atoms with Gasteiger partial charge in [0.05, 0.1) is 15.8 Å². The molecule has 170 valence electrons. The fourth-order valence-corrected chi connectivity index (χ4v) is 4.54. The van der Waals surface area contributed by atoms with Crippen molar-refractivity contribution in [3.05, 3.63) is 95.1 Å². The van der Waals surface area contributed by atoms with Crippen molar-refractivity contribution in [3.63, 3.8) is 0 Å². The van der Waals surface area contributed by atoms with Crippen LogP contribution >= 0.6 is 11.3 Å². The summed E-state index contributed by atoms with van der Waals surface area (Å²) in [6, 6.07) is 19.4. The summed E-state index contributed by atoms with van der Waals surface area (Å²) >= 11 is 1.63. The number of anilines is 1. The molecule has 0 aliphatic carbocycles. The fourth-order valence-electron chi connectivity index (χ4n) is 3.47. The number of benzene rings is 3. The number of nitrogens with zero attached hydrogens (tertiary/aromatic N) is 2. The Balaban J connectivity index is 1.29. The van der Waals surface area contributed by atoms with Crippen LogP contribution in [0.4, 0.5) is 10.1 Å². The number of carbonyl (C=O) groups excluding carboxylic acids is 1. The number of aryl methyl sites for hydroxylation is 2. The van der Waals surface area contributed by atoms with Crippen LogP contribution in [0.2, 0.25) is 0 Å². The van der Waals surface area contributed by atoms with Crippen molar-refractivity contribution in [1.82, 2.24) is 10.1 Å². The zero-order chi connectivity index (χ0) is 23.7. The summed E-state index contributed by atoms with van der Waals surface area (Å²) < 4.78 is 25.1. The van der Waals surface area contributed by atoms with E-state index >= 15 is 0 Å². The number of nitrogens with one attached hydrogen (secondary N) is 1. The summed E-state index contributed by atoms with van der Waals surface area (Å²) in [7, 11) is 0. The minimum Gasteiger partial charge on any atom is -0.489 e. The number of amides is 1. The first-order chi connectivity index (χ1) is 16.5. The van der Waals surface area contributed by atoms with Gasteiger partial charge in [-0.3, -0.25) is 4.79 Å². The van der Waals surface area contributed by atoms with Crippen molar-refractivity contribution < 1.29 is 18.4 Å². The lowest BCUT2D eigenvalue weighted by molar-refractivity contribution is 0.101. The molecule has 3 aromatic carbocycles. The molecule has 34 heavy (non-hydrogen) atoms. The number of thiazole rings is 1. The molecule has 2 aromatic heterocycles. The number of hydrogen-bond acceptors (Lipinski definition) is 6. The SMILES string of the molecule is Cc1ccc2nc(-c3ccc(NC(=O)c4noc(C)c4COc4ccc(F)cc4)cc3)sc2c1. The molecule has 0 atom stereocenters. The molecule has 2 heterocycles. The molecule has 1 amide bonds. The summed E-state index contributed by atoms with van der Waals surface area (Å²) in [5.41, 5.74) is 4.44. The lowest BCUT2D eigenvalue weighted by atomic mass is 10.1. The van der Waals surface area contributed by atoms with Crippen molar-refractivity contribution in [2.75, 3.05) is 5.32 Å². The lowest BCUT2D eigenvalue weighted by Crippen LogP contribution is -2.15. The van der Waals surface area contributed by atoms with Gasteiger partial charge in [0.25, 0.3) is 5.91 Å². The van der Waals surface area contributed by atoms with Gasteiger partial charge in [0.15, 0.2) is 5.69 Å². The van der Waals surface area contributed by atoms with Crippen LogP contribution in [-0.2, 0) is 6.61 Å². The second-order valence-electron chi connectivity index (χ2n) is 7.83. The molecule has 0 radical (unpaired) electrons. The lowest BCUT2D eigenvalue weighted by Gasteiger charge is -2.08. The maximum Gasteiger partial charge on any atom is 0.278 e. The minimum absolute atomic E-state index is 0.0692. The Labute approximate surface area is 199 Å². The largest absolute Gasteiger partial charge is 0.489 e. The molecular weight excluding hydrogens is 453 g/mol. The average molecular weight is 474 g/mol.